The first kappa shape index (κ1) is 11.8. The summed E-state index contributed by atoms with van der Waals surface area (Å²) in [7, 11) is 0. The number of rotatable bonds is 3. The summed E-state index contributed by atoms with van der Waals surface area (Å²) in [6, 6.07) is 12.2. The van der Waals surface area contributed by atoms with Crippen LogP contribution in [0.3, 0.4) is 0 Å². The van der Waals surface area contributed by atoms with Gasteiger partial charge in [-0.25, -0.2) is 0 Å². The number of aromatic nitrogens is 1. The van der Waals surface area contributed by atoms with E-state index >= 15 is 0 Å². The maximum absolute atomic E-state index is 10.9. The summed E-state index contributed by atoms with van der Waals surface area (Å²) in [4.78, 5) is 14.3. The molecule has 0 aliphatic rings. The lowest BCUT2D eigenvalue weighted by Crippen LogP contribution is -2.00. The van der Waals surface area contributed by atoms with Gasteiger partial charge >= 0.3 is 5.97 Å². The number of carbonyl (C=O) groups is 1. The van der Waals surface area contributed by atoms with Gasteiger partial charge in [-0.1, -0.05) is 31.2 Å². The van der Waals surface area contributed by atoms with Crippen LogP contribution < -0.4 is 0 Å². The van der Waals surface area contributed by atoms with Crippen LogP contribution in [0.2, 0.25) is 0 Å². The van der Waals surface area contributed by atoms with Crippen molar-refractivity contribution in [2.75, 3.05) is 0 Å². The number of aliphatic carboxylic acids is 1. The van der Waals surface area contributed by atoms with Gasteiger partial charge < -0.3 is 10.1 Å². The lowest BCUT2D eigenvalue weighted by atomic mass is 10.0. The Morgan fingerprint density at radius 3 is 2.79 bits per heavy atom. The predicted octanol–water partition coefficient (Wildman–Crippen LogP) is 3.51. The van der Waals surface area contributed by atoms with Gasteiger partial charge in [-0.05, 0) is 29.7 Å². The highest BCUT2D eigenvalue weighted by molar-refractivity contribution is 6.08. The van der Waals surface area contributed by atoms with Crippen molar-refractivity contribution in [3.63, 3.8) is 0 Å². The van der Waals surface area contributed by atoms with Gasteiger partial charge in [0.1, 0.15) is 0 Å². The minimum Gasteiger partial charge on any atom is -0.481 e. The quantitative estimate of drug-likeness (QED) is 0.750. The number of benzene rings is 2. The molecule has 0 radical (unpaired) electrons. The van der Waals surface area contributed by atoms with Crippen molar-refractivity contribution in [1.29, 1.82) is 0 Å². The molecule has 0 saturated heterocycles. The number of carboxylic acid groups (broad SMARTS) is 1. The van der Waals surface area contributed by atoms with E-state index in [0.29, 0.717) is 0 Å². The first-order chi connectivity index (χ1) is 9.19. The third-order valence-electron chi connectivity index (χ3n) is 3.53. The molecule has 0 spiro atoms. The van der Waals surface area contributed by atoms with Gasteiger partial charge in [0.15, 0.2) is 0 Å². The van der Waals surface area contributed by atoms with Gasteiger partial charge in [0.05, 0.1) is 11.9 Å². The first-order valence-electron chi connectivity index (χ1n) is 6.43. The van der Waals surface area contributed by atoms with Crippen molar-refractivity contribution in [3.05, 3.63) is 47.5 Å². The molecular weight excluding hydrogens is 238 g/mol. The number of carboxylic acids is 1. The molecule has 0 saturated carbocycles. The molecule has 3 aromatic rings. The molecule has 0 aliphatic carbocycles. The second kappa shape index (κ2) is 4.43. The molecule has 0 bridgehead atoms. The Bertz CT molecular complexity index is 771. The Morgan fingerprint density at radius 2 is 2.05 bits per heavy atom. The number of H-pyrrole nitrogens is 1. The Hall–Kier alpha value is -2.29. The SMILES string of the molecule is CCc1ccc2[nH]c3c(CC(=O)O)cccc3c2c1. The molecule has 3 rings (SSSR count). The molecule has 0 aliphatic heterocycles. The van der Waals surface area contributed by atoms with Crippen LogP contribution in [0.15, 0.2) is 36.4 Å². The number of nitrogens with one attached hydrogen (secondary N) is 1. The summed E-state index contributed by atoms with van der Waals surface area (Å²) in [6.45, 7) is 2.13. The summed E-state index contributed by atoms with van der Waals surface area (Å²) in [5.41, 5.74) is 4.12. The van der Waals surface area contributed by atoms with Crippen LogP contribution in [0.5, 0.6) is 0 Å². The number of fused-ring (bicyclic) bond motifs is 3. The lowest BCUT2D eigenvalue weighted by molar-refractivity contribution is -0.136. The molecule has 1 heterocycles. The van der Waals surface area contributed by atoms with Crippen molar-refractivity contribution in [3.8, 4) is 0 Å². The van der Waals surface area contributed by atoms with E-state index in [9.17, 15) is 4.79 Å². The number of hydrogen-bond acceptors (Lipinski definition) is 1. The van der Waals surface area contributed by atoms with Crippen molar-refractivity contribution in [2.24, 2.45) is 0 Å². The fourth-order valence-electron chi connectivity index (χ4n) is 2.56. The van der Waals surface area contributed by atoms with E-state index in [4.69, 9.17) is 5.11 Å². The summed E-state index contributed by atoms with van der Waals surface area (Å²) < 4.78 is 0. The average Bonchev–Trinajstić information content (AvgIpc) is 2.77. The summed E-state index contributed by atoms with van der Waals surface area (Å²) in [5.74, 6) is -0.805. The number of para-hydroxylation sites is 1. The number of aryl methyl sites for hydroxylation is 1. The van der Waals surface area contributed by atoms with Crippen molar-refractivity contribution >= 4 is 27.8 Å². The molecule has 3 nitrogen and oxygen atoms in total. The van der Waals surface area contributed by atoms with Crippen LogP contribution in [0.4, 0.5) is 0 Å². The van der Waals surface area contributed by atoms with Crippen molar-refractivity contribution in [2.45, 2.75) is 19.8 Å². The topological polar surface area (TPSA) is 53.1 Å². The number of hydrogen-bond donors (Lipinski definition) is 2. The highest BCUT2D eigenvalue weighted by Crippen LogP contribution is 2.28. The first-order valence-corrected chi connectivity index (χ1v) is 6.43. The van der Waals surface area contributed by atoms with E-state index in [1.807, 2.05) is 18.2 Å². The molecule has 0 amide bonds. The van der Waals surface area contributed by atoms with Crippen molar-refractivity contribution in [1.82, 2.24) is 4.98 Å². The van der Waals surface area contributed by atoms with Crippen LogP contribution >= 0.6 is 0 Å². The molecule has 0 fully saturated rings. The summed E-state index contributed by atoms with van der Waals surface area (Å²) >= 11 is 0. The van der Waals surface area contributed by atoms with Gasteiger partial charge in [0.25, 0.3) is 0 Å². The van der Waals surface area contributed by atoms with Crippen LogP contribution in [0, 0.1) is 0 Å². The van der Waals surface area contributed by atoms with E-state index in [2.05, 4.69) is 30.1 Å². The van der Waals surface area contributed by atoms with Gasteiger partial charge in [0, 0.05) is 16.3 Å². The summed E-state index contributed by atoms with van der Waals surface area (Å²) in [5, 5.41) is 11.2. The zero-order valence-electron chi connectivity index (χ0n) is 10.7. The van der Waals surface area contributed by atoms with Gasteiger partial charge in [-0.2, -0.15) is 0 Å². The fraction of sp³-hybridized carbons (Fsp3) is 0.188. The molecule has 2 N–H and O–H groups in total. The van der Waals surface area contributed by atoms with Gasteiger partial charge in [-0.3, -0.25) is 4.79 Å². The molecule has 1 aromatic heterocycles. The number of aromatic amines is 1. The van der Waals surface area contributed by atoms with E-state index in [1.54, 1.807) is 0 Å². The normalized spacial score (nSPS) is 11.2. The van der Waals surface area contributed by atoms with Crippen LogP contribution in [0.25, 0.3) is 21.8 Å². The monoisotopic (exact) mass is 253 g/mol. The average molecular weight is 253 g/mol. The standard InChI is InChI=1S/C16H15NO2/c1-2-10-6-7-14-13(8-10)12-5-3-4-11(9-15(18)19)16(12)17-14/h3-8,17H,2,9H2,1H3,(H,18,19). The molecule has 0 atom stereocenters. The molecular formula is C16H15NO2. The van der Waals surface area contributed by atoms with Crippen LogP contribution in [0.1, 0.15) is 18.1 Å². The van der Waals surface area contributed by atoms with Gasteiger partial charge in [0.2, 0.25) is 0 Å². The van der Waals surface area contributed by atoms with E-state index in [1.165, 1.54) is 10.9 Å². The smallest absolute Gasteiger partial charge is 0.307 e. The van der Waals surface area contributed by atoms with E-state index < -0.39 is 5.97 Å². The fourth-order valence-corrected chi connectivity index (χ4v) is 2.56. The second-order valence-electron chi connectivity index (χ2n) is 4.77. The van der Waals surface area contributed by atoms with Crippen LogP contribution in [-0.2, 0) is 17.6 Å². The third-order valence-corrected chi connectivity index (χ3v) is 3.53. The molecule has 2 aromatic carbocycles. The molecule has 96 valence electrons. The molecule has 19 heavy (non-hydrogen) atoms. The van der Waals surface area contributed by atoms with Crippen molar-refractivity contribution < 1.29 is 9.90 Å². The zero-order chi connectivity index (χ0) is 13.4. The largest absolute Gasteiger partial charge is 0.481 e. The van der Waals surface area contributed by atoms with E-state index in [0.717, 1.165) is 28.4 Å². The minimum absolute atomic E-state index is 0.0464. The maximum atomic E-state index is 10.9. The Morgan fingerprint density at radius 1 is 1.21 bits per heavy atom. The van der Waals surface area contributed by atoms with Crippen LogP contribution in [-0.4, -0.2) is 16.1 Å². The zero-order valence-corrected chi connectivity index (χ0v) is 10.7. The minimum atomic E-state index is -0.805. The van der Waals surface area contributed by atoms with E-state index in [-0.39, 0.29) is 6.42 Å². The molecule has 0 unspecified atom stereocenters. The summed E-state index contributed by atoms with van der Waals surface area (Å²) in [6.07, 6.45) is 1.04. The molecule has 3 heteroatoms. The Labute approximate surface area is 110 Å². The predicted molar refractivity (Wildman–Crippen MR) is 76.5 cm³/mol. The Balaban J connectivity index is 2.30. The third kappa shape index (κ3) is 1.97. The second-order valence-corrected chi connectivity index (χ2v) is 4.77. The highest BCUT2D eigenvalue weighted by Gasteiger charge is 2.10. The maximum Gasteiger partial charge on any atom is 0.307 e. The lowest BCUT2D eigenvalue weighted by Gasteiger charge is -1.99. The van der Waals surface area contributed by atoms with Gasteiger partial charge in [-0.15, -0.1) is 0 Å². The Kier molecular flexibility index (Phi) is 2.75. The highest BCUT2D eigenvalue weighted by atomic mass is 16.4.